The number of ether oxygens (including phenoxy) is 1. The third-order valence-electron chi connectivity index (χ3n) is 4.39. The van der Waals surface area contributed by atoms with Crippen LogP contribution in [0.5, 0.6) is 5.75 Å². The topological polar surface area (TPSA) is 40.6 Å². The van der Waals surface area contributed by atoms with Crippen LogP contribution in [0.25, 0.3) is 0 Å². The van der Waals surface area contributed by atoms with Gasteiger partial charge in [0.25, 0.3) is 0 Å². The van der Waals surface area contributed by atoms with Crippen LogP contribution in [0.3, 0.4) is 0 Å². The van der Waals surface area contributed by atoms with E-state index in [2.05, 4.69) is 4.98 Å². The molecule has 0 spiro atoms. The van der Waals surface area contributed by atoms with E-state index in [0.29, 0.717) is 6.10 Å². The molecule has 114 valence electrons. The van der Waals surface area contributed by atoms with Gasteiger partial charge in [-0.05, 0) is 52.9 Å². The van der Waals surface area contributed by atoms with Gasteiger partial charge in [0.2, 0.25) is 0 Å². The van der Waals surface area contributed by atoms with Crippen molar-refractivity contribution in [2.24, 2.45) is 0 Å². The quantitative estimate of drug-likeness (QED) is 0.632. The Morgan fingerprint density at radius 1 is 1.24 bits per heavy atom. The molecule has 0 unspecified atom stereocenters. The molecule has 1 aromatic rings. The van der Waals surface area contributed by atoms with Crippen molar-refractivity contribution >= 4 is 24.5 Å². The Morgan fingerprint density at radius 2 is 1.86 bits per heavy atom. The molecular formula is C15H22BNO3S. The van der Waals surface area contributed by atoms with Gasteiger partial charge in [-0.1, -0.05) is 0 Å². The lowest BCUT2D eigenvalue weighted by Crippen LogP contribution is -2.41. The lowest BCUT2D eigenvalue weighted by atomic mass is 9.84. The van der Waals surface area contributed by atoms with Crippen LogP contribution in [0.4, 0.5) is 0 Å². The number of hydrogen-bond donors (Lipinski definition) is 0. The smallest absolute Gasteiger partial charge is 0.489 e. The average Bonchev–Trinajstić information content (AvgIpc) is 3.17. The fourth-order valence-electron chi connectivity index (χ4n) is 2.14. The fraction of sp³-hybridized carbons (Fsp3) is 0.667. The normalized spacial score (nSPS) is 23.4. The molecule has 2 fully saturated rings. The zero-order chi connectivity index (χ0) is 15.3. The van der Waals surface area contributed by atoms with Gasteiger partial charge >= 0.3 is 7.12 Å². The molecule has 1 aliphatic carbocycles. The Labute approximate surface area is 131 Å². The van der Waals surface area contributed by atoms with E-state index in [1.54, 1.807) is 11.8 Å². The number of aromatic nitrogens is 1. The summed E-state index contributed by atoms with van der Waals surface area (Å²) in [7, 11) is -0.438. The van der Waals surface area contributed by atoms with Crippen LogP contribution in [-0.2, 0) is 9.31 Å². The molecule has 0 N–H and O–H groups in total. The van der Waals surface area contributed by atoms with E-state index >= 15 is 0 Å². The molecule has 3 rings (SSSR count). The van der Waals surface area contributed by atoms with E-state index in [0.717, 1.165) is 29.1 Å². The Kier molecular flexibility index (Phi) is 3.75. The molecule has 4 nitrogen and oxygen atoms in total. The summed E-state index contributed by atoms with van der Waals surface area (Å²) < 4.78 is 18.1. The van der Waals surface area contributed by atoms with Crippen molar-refractivity contribution < 1.29 is 14.0 Å². The van der Waals surface area contributed by atoms with Gasteiger partial charge in [0.1, 0.15) is 5.75 Å². The molecule has 1 aromatic heterocycles. The van der Waals surface area contributed by atoms with Crippen molar-refractivity contribution in [3.63, 3.8) is 0 Å². The van der Waals surface area contributed by atoms with E-state index < -0.39 is 7.12 Å². The van der Waals surface area contributed by atoms with Gasteiger partial charge in [0.15, 0.2) is 0 Å². The van der Waals surface area contributed by atoms with Crippen LogP contribution in [0.1, 0.15) is 40.5 Å². The van der Waals surface area contributed by atoms with E-state index in [1.807, 2.05) is 46.2 Å². The highest BCUT2D eigenvalue weighted by Crippen LogP contribution is 2.37. The summed E-state index contributed by atoms with van der Waals surface area (Å²) in [5, 5.41) is 0. The van der Waals surface area contributed by atoms with E-state index in [-0.39, 0.29) is 11.2 Å². The van der Waals surface area contributed by atoms with E-state index in [1.165, 1.54) is 0 Å². The first-order valence-corrected chi connectivity index (χ1v) is 8.61. The summed E-state index contributed by atoms with van der Waals surface area (Å²) in [6, 6.07) is 1.96. The van der Waals surface area contributed by atoms with Crippen LogP contribution in [0, 0.1) is 0 Å². The van der Waals surface area contributed by atoms with Gasteiger partial charge in [-0.25, -0.2) is 0 Å². The predicted molar refractivity (Wildman–Crippen MR) is 85.4 cm³/mol. The molecule has 1 aliphatic heterocycles. The molecular weight excluding hydrogens is 285 g/mol. The van der Waals surface area contributed by atoms with Crippen molar-refractivity contribution in [1.82, 2.24) is 4.98 Å². The van der Waals surface area contributed by atoms with Crippen molar-refractivity contribution in [2.75, 3.05) is 6.26 Å². The van der Waals surface area contributed by atoms with Gasteiger partial charge in [0.05, 0.1) is 27.8 Å². The predicted octanol–water partition coefficient (Wildman–Crippen LogP) is 2.64. The fourth-order valence-corrected chi connectivity index (χ4v) is 2.61. The first-order valence-electron chi connectivity index (χ1n) is 7.38. The van der Waals surface area contributed by atoms with Crippen LogP contribution < -0.4 is 10.3 Å². The van der Waals surface area contributed by atoms with Gasteiger partial charge in [-0.15, -0.1) is 11.8 Å². The van der Waals surface area contributed by atoms with Gasteiger partial charge in [0, 0.05) is 6.20 Å². The van der Waals surface area contributed by atoms with Crippen molar-refractivity contribution in [2.45, 2.75) is 62.7 Å². The zero-order valence-corrected chi connectivity index (χ0v) is 14.1. The third kappa shape index (κ3) is 2.94. The molecule has 2 aliphatic rings. The summed E-state index contributed by atoms with van der Waals surface area (Å²) in [6.07, 6.45) is 6.53. The van der Waals surface area contributed by atoms with Crippen LogP contribution in [-0.4, -0.2) is 35.7 Å². The second kappa shape index (κ2) is 5.18. The van der Waals surface area contributed by atoms with Crippen molar-refractivity contribution in [1.29, 1.82) is 0 Å². The summed E-state index contributed by atoms with van der Waals surface area (Å²) in [5.74, 6) is 0.893. The SMILES string of the molecule is CSc1cnc(B2OC(C)(C)C(C)(C)O2)cc1OC1CC1. The molecule has 6 heteroatoms. The van der Waals surface area contributed by atoms with Crippen molar-refractivity contribution in [3.05, 3.63) is 12.3 Å². The molecule has 2 heterocycles. The van der Waals surface area contributed by atoms with Gasteiger partial charge < -0.3 is 14.0 Å². The molecule has 0 atom stereocenters. The molecule has 0 amide bonds. The number of pyridine rings is 1. The highest BCUT2D eigenvalue weighted by molar-refractivity contribution is 7.98. The number of thioether (sulfide) groups is 1. The second-order valence-electron chi connectivity index (χ2n) is 6.67. The minimum Gasteiger partial charge on any atom is -0.489 e. The van der Waals surface area contributed by atoms with Crippen LogP contribution in [0.2, 0.25) is 0 Å². The average molecular weight is 307 g/mol. The standard InChI is InChI=1S/C15H22BNO3S/c1-14(2)15(3,4)20-16(19-14)13-8-11(18-10-6-7-10)12(21-5)9-17-13/h8-10H,6-7H2,1-5H3. The Balaban J connectivity index is 1.86. The van der Waals surface area contributed by atoms with Crippen LogP contribution >= 0.6 is 11.8 Å². The third-order valence-corrected chi connectivity index (χ3v) is 5.13. The minimum atomic E-state index is -0.438. The molecule has 1 saturated heterocycles. The first-order chi connectivity index (χ1) is 9.82. The summed E-state index contributed by atoms with van der Waals surface area (Å²) >= 11 is 1.65. The summed E-state index contributed by atoms with van der Waals surface area (Å²) in [4.78, 5) is 5.56. The Hall–Kier alpha value is -0.715. The maximum Gasteiger partial charge on any atom is 0.514 e. The van der Waals surface area contributed by atoms with Crippen molar-refractivity contribution in [3.8, 4) is 5.75 Å². The van der Waals surface area contributed by atoms with Gasteiger partial charge in [-0.2, -0.15) is 0 Å². The number of nitrogens with zero attached hydrogens (tertiary/aromatic N) is 1. The first kappa shape index (κ1) is 15.2. The largest absolute Gasteiger partial charge is 0.514 e. The maximum absolute atomic E-state index is 6.05. The Bertz CT molecular complexity index is 530. The second-order valence-corrected chi connectivity index (χ2v) is 7.51. The molecule has 0 aromatic carbocycles. The Morgan fingerprint density at radius 3 is 2.38 bits per heavy atom. The highest BCUT2D eigenvalue weighted by Gasteiger charge is 2.52. The zero-order valence-electron chi connectivity index (χ0n) is 13.3. The monoisotopic (exact) mass is 307 g/mol. The highest BCUT2D eigenvalue weighted by atomic mass is 32.2. The lowest BCUT2D eigenvalue weighted by Gasteiger charge is -2.32. The molecule has 1 saturated carbocycles. The maximum atomic E-state index is 6.05. The number of hydrogen-bond acceptors (Lipinski definition) is 5. The van der Waals surface area contributed by atoms with Crippen LogP contribution in [0.15, 0.2) is 17.2 Å². The molecule has 21 heavy (non-hydrogen) atoms. The minimum absolute atomic E-state index is 0.352. The van der Waals surface area contributed by atoms with E-state index in [4.69, 9.17) is 14.0 Å². The van der Waals surface area contributed by atoms with Gasteiger partial charge in [-0.3, -0.25) is 4.98 Å². The number of rotatable bonds is 4. The van der Waals surface area contributed by atoms with E-state index in [9.17, 15) is 0 Å². The summed E-state index contributed by atoms with van der Waals surface area (Å²) in [5.41, 5.74) is 0.0754. The molecule has 0 bridgehead atoms. The summed E-state index contributed by atoms with van der Waals surface area (Å²) in [6.45, 7) is 8.19. The molecule has 0 radical (unpaired) electrons. The lowest BCUT2D eigenvalue weighted by molar-refractivity contribution is 0.00578.